The van der Waals surface area contributed by atoms with Crippen molar-refractivity contribution in [2.24, 2.45) is 11.8 Å². The summed E-state index contributed by atoms with van der Waals surface area (Å²) in [5.41, 5.74) is 0. The summed E-state index contributed by atoms with van der Waals surface area (Å²) in [5.74, 6) is 0.281. The Hall–Kier alpha value is -1.10. The number of likely N-dealkylation sites (tertiary alicyclic amines) is 1. The Morgan fingerprint density at radius 1 is 1.24 bits per heavy atom. The van der Waals surface area contributed by atoms with Crippen molar-refractivity contribution in [1.29, 1.82) is 0 Å². The number of hydrogen-bond acceptors (Lipinski definition) is 4. The van der Waals surface area contributed by atoms with Crippen LogP contribution in [0.4, 0.5) is 0 Å². The minimum absolute atomic E-state index is 0.0153. The van der Waals surface area contributed by atoms with E-state index < -0.39 is 0 Å². The molecule has 2 rings (SSSR count). The molecule has 17 heavy (non-hydrogen) atoms. The molecule has 2 heterocycles. The third-order valence-electron chi connectivity index (χ3n) is 3.56. The van der Waals surface area contributed by atoms with E-state index in [1.807, 2.05) is 11.8 Å². The Kier molecular flexibility index (Phi) is 3.99. The molecule has 5 nitrogen and oxygen atoms in total. The maximum absolute atomic E-state index is 12.0. The molecule has 2 fully saturated rings. The average molecular weight is 240 g/mol. The van der Waals surface area contributed by atoms with Gasteiger partial charge in [0.1, 0.15) is 0 Å². The molecule has 0 aromatic rings. The molecule has 1 amide bonds. The maximum atomic E-state index is 12.0. The summed E-state index contributed by atoms with van der Waals surface area (Å²) in [7, 11) is 0. The van der Waals surface area contributed by atoms with Gasteiger partial charge in [-0.2, -0.15) is 0 Å². The summed E-state index contributed by atoms with van der Waals surface area (Å²) in [6.07, 6.45) is 1.48. The zero-order valence-corrected chi connectivity index (χ0v) is 10.3. The Bertz CT molecular complexity index is 294. The lowest BCUT2D eigenvalue weighted by Crippen LogP contribution is -2.53. The molecule has 0 bridgehead atoms. The Morgan fingerprint density at radius 3 is 2.35 bits per heavy atom. The van der Waals surface area contributed by atoms with Gasteiger partial charge < -0.3 is 15.0 Å². The Morgan fingerprint density at radius 2 is 1.88 bits per heavy atom. The van der Waals surface area contributed by atoms with Gasteiger partial charge >= 0.3 is 5.97 Å². The lowest BCUT2D eigenvalue weighted by molar-refractivity contribution is -0.152. The van der Waals surface area contributed by atoms with Crippen LogP contribution in [0, 0.1) is 11.8 Å². The molecule has 5 heteroatoms. The smallest absolute Gasteiger partial charge is 0.309 e. The van der Waals surface area contributed by atoms with E-state index in [1.165, 1.54) is 0 Å². The van der Waals surface area contributed by atoms with Crippen LogP contribution in [0.3, 0.4) is 0 Å². The molecule has 0 aromatic carbocycles. The summed E-state index contributed by atoms with van der Waals surface area (Å²) in [6.45, 7) is 5.25. The van der Waals surface area contributed by atoms with E-state index in [-0.39, 0.29) is 23.7 Å². The summed E-state index contributed by atoms with van der Waals surface area (Å²) < 4.78 is 5.00. The Balaban J connectivity index is 1.77. The minimum atomic E-state index is -0.107. The topological polar surface area (TPSA) is 58.6 Å². The number of carbonyl (C=O) groups excluding carboxylic acids is 2. The molecule has 0 spiro atoms. The number of esters is 1. The Labute approximate surface area is 101 Å². The second kappa shape index (κ2) is 5.49. The SMILES string of the molecule is CCOC(=O)C1CCN(C(=O)C2CNC2)CC1. The highest BCUT2D eigenvalue weighted by atomic mass is 16.5. The molecule has 0 atom stereocenters. The van der Waals surface area contributed by atoms with E-state index >= 15 is 0 Å². The first-order chi connectivity index (χ1) is 8.22. The van der Waals surface area contributed by atoms with Crippen LogP contribution < -0.4 is 5.32 Å². The van der Waals surface area contributed by atoms with E-state index in [9.17, 15) is 9.59 Å². The highest BCUT2D eigenvalue weighted by Gasteiger charge is 2.33. The molecule has 0 aromatic heterocycles. The van der Waals surface area contributed by atoms with Gasteiger partial charge in [0.2, 0.25) is 5.91 Å². The number of piperidine rings is 1. The molecule has 2 aliphatic heterocycles. The fourth-order valence-electron chi connectivity index (χ4n) is 2.32. The standard InChI is InChI=1S/C12H20N2O3/c1-2-17-12(16)9-3-5-14(6-4-9)11(15)10-7-13-8-10/h9-10,13H,2-8H2,1H3. The van der Waals surface area contributed by atoms with Crippen LogP contribution in [0.5, 0.6) is 0 Å². The van der Waals surface area contributed by atoms with Crippen molar-refractivity contribution in [2.45, 2.75) is 19.8 Å². The lowest BCUT2D eigenvalue weighted by atomic mass is 9.94. The van der Waals surface area contributed by atoms with Crippen molar-refractivity contribution in [3.8, 4) is 0 Å². The van der Waals surface area contributed by atoms with Crippen LogP contribution in [0.15, 0.2) is 0 Å². The zero-order valence-electron chi connectivity index (χ0n) is 10.3. The quantitative estimate of drug-likeness (QED) is 0.706. The fraction of sp³-hybridized carbons (Fsp3) is 0.833. The predicted molar refractivity (Wildman–Crippen MR) is 62.3 cm³/mol. The summed E-state index contributed by atoms with van der Waals surface area (Å²) in [5, 5.41) is 3.10. The van der Waals surface area contributed by atoms with Crippen molar-refractivity contribution < 1.29 is 14.3 Å². The van der Waals surface area contributed by atoms with Gasteiger partial charge in [0, 0.05) is 26.2 Å². The maximum Gasteiger partial charge on any atom is 0.309 e. The second-order valence-corrected chi connectivity index (χ2v) is 4.71. The second-order valence-electron chi connectivity index (χ2n) is 4.71. The van der Waals surface area contributed by atoms with E-state index in [4.69, 9.17) is 4.74 Å². The number of rotatable bonds is 3. The van der Waals surface area contributed by atoms with Crippen molar-refractivity contribution in [1.82, 2.24) is 10.2 Å². The van der Waals surface area contributed by atoms with Gasteiger partial charge in [-0.15, -0.1) is 0 Å². The van der Waals surface area contributed by atoms with E-state index in [0.717, 1.165) is 25.9 Å². The summed E-state index contributed by atoms with van der Waals surface area (Å²) in [6, 6.07) is 0. The number of amides is 1. The van der Waals surface area contributed by atoms with Gasteiger partial charge in [-0.05, 0) is 19.8 Å². The van der Waals surface area contributed by atoms with Crippen LogP contribution in [0.1, 0.15) is 19.8 Å². The molecular formula is C12H20N2O3. The van der Waals surface area contributed by atoms with E-state index in [1.54, 1.807) is 0 Å². The number of hydrogen-bond donors (Lipinski definition) is 1. The number of ether oxygens (including phenoxy) is 1. The van der Waals surface area contributed by atoms with Crippen molar-refractivity contribution in [3.05, 3.63) is 0 Å². The molecule has 96 valence electrons. The van der Waals surface area contributed by atoms with E-state index in [2.05, 4.69) is 5.32 Å². The largest absolute Gasteiger partial charge is 0.466 e. The lowest BCUT2D eigenvalue weighted by Gasteiger charge is -2.36. The van der Waals surface area contributed by atoms with Crippen molar-refractivity contribution in [3.63, 3.8) is 0 Å². The average Bonchev–Trinajstić information content (AvgIpc) is 2.27. The molecule has 0 radical (unpaired) electrons. The monoisotopic (exact) mass is 240 g/mol. The van der Waals surface area contributed by atoms with Crippen LogP contribution in [0.2, 0.25) is 0 Å². The fourth-order valence-corrected chi connectivity index (χ4v) is 2.32. The first kappa shape index (κ1) is 12.4. The van der Waals surface area contributed by atoms with Crippen LogP contribution >= 0.6 is 0 Å². The first-order valence-electron chi connectivity index (χ1n) is 6.38. The van der Waals surface area contributed by atoms with Crippen LogP contribution in [-0.2, 0) is 14.3 Å². The third-order valence-corrected chi connectivity index (χ3v) is 3.56. The van der Waals surface area contributed by atoms with Gasteiger partial charge in [0.05, 0.1) is 18.4 Å². The van der Waals surface area contributed by atoms with Gasteiger partial charge in [-0.1, -0.05) is 0 Å². The van der Waals surface area contributed by atoms with Crippen LogP contribution in [0.25, 0.3) is 0 Å². The molecule has 1 N–H and O–H groups in total. The summed E-state index contributed by atoms with van der Waals surface area (Å²) >= 11 is 0. The molecule has 0 saturated carbocycles. The molecule has 2 saturated heterocycles. The van der Waals surface area contributed by atoms with E-state index in [0.29, 0.717) is 19.7 Å². The van der Waals surface area contributed by atoms with Gasteiger partial charge in [0.25, 0.3) is 0 Å². The zero-order chi connectivity index (χ0) is 12.3. The molecule has 0 aliphatic carbocycles. The minimum Gasteiger partial charge on any atom is -0.466 e. The highest BCUT2D eigenvalue weighted by Crippen LogP contribution is 2.20. The number of nitrogens with one attached hydrogen (secondary N) is 1. The molecule has 2 aliphatic rings. The van der Waals surface area contributed by atoms with Gasteiger partial charge in [0.15, 0.2) is 0 Å². The third kappa shape index (κ3) is 2.77. The molecular weight excluding hydrogens is 220 g/mol. The highest BCUT2D eigenvalue weighted by molar-refractivity contribution is 5.80. The first-order valence-corrected chi connectivity index (χ1v) is 6.38. The molecule has 0 unspecified atom stereocenters. The van der Waals surface area contributed by atoms with Crippen LogP contribution in [-0.4, -0.2) is 49.6 Å². The van der Waals surface area contributed by atoms with Gasteiger partial charge in [-0.3, -0.25) is 9.59 Å². The van der Waals surface area contributed by atoms with Crippen molar-refractivity contribution in [2.75, 3.05) is 32.8 Å². The normalized spacial score (nSPS) is 22.1. The number of nitrogens with zero attached hydrogens (tertiary/aromatic N) is 1. The van der Waals surface area contributed by atoms with Crippen molar-refractivity contribution >= 4 is 11.9 Å². The predicted octanol–water partition coefficient (Wildman–Crippen LogP) is 0.00750. The van der Waals surface area contributed by atoms with Gasteiger partial charge in [-0.25, -0.2) is 0 Å². The summed E-state index contributed by atoms with van der Waals surface area (Å²) in [4.78, 5) is 25.4. The number of carbonyl (C=O) groups is 2.